The van der Waals surface area contributed by atoms with Crippen molar-refractivity contribution in [1.29, 1.82) is 0 Å². The van der Waals surface area contributed by atoms with Crippen molar-refractivity contribution in [3.05, 3.63) is 35.3 Å². The maximum atomic E-state index is 8.99. The van der Waals surface area contributed by atoms with Crippen molar-refractivity contribution in [3.8, 4) is 0 Å². The molecule has 0 unspecified atom stereocenters. The fourth-order valence-electron chi connectivity index (χ4n) is 1.69. The number of rotatable bonds is 2. The highest BCUT2D eigenvalue weighted by Crippen LogP contribution is 2.13. The molecule has 0 bridgehead atoms. The maximum absolute atomic E-state index is 8.99. The Bertz CT molecular complexity index is 460. The summed E-state index contributed by atoms with van der Waals surface area (Å²) >= 11 is 0. The van der Waals surface area contributed by atoms with E-state index in [1.807, 2.05) is 18.3 Å². The van der Waals surface area contributed by atoms with Crippen LogP contribution in [0.15, 0.2) is 18.3 Å². The van der Waals surface area contributed by atoms with Crippen LogP contribution in [0.3, 0.4) is 0 Å². The lowest BCUT2D eigenvalue weighted by molar-refractivity contribution is 0.282. The van der Waals surface area contributed by atoms with Gasteiger partial charge in [0.2, 0.25) is 0 Å². The van der Waals surface area contributed by atoms with E-state index in [1.54, 1.807) is 0 Å². The SMILES string of the molecule is CCc1nc2cc(CO)ccn2c1C. The minimum Gasteiger partial charge on any atom is -0.392 e. The Morgan fingerprint density at radius 1 is 1.50 bits per heavy atom. The van der Waals surface area contributed by atoms with Crippen molar-refractivity contribution in [2.24, 2.45) is 0 Å². The zero-order valence-electron chi connectivity index (χ0n) is 8.49. The van der Waals surface area contributed by atoms with Gasteiger partial charge >= 0.3 is 0 Å². The number of hydrogen-bond acceptors (Lipinski definition) is 2. The Hall–Kier alpha value is -1.35. The summed E-state index contributed by atoms with van der Waals surface area (Å²) in [4.78, 5) is 4.49. The van der Waals surface area contributed by atoms with Crippen molar-refractivity contribution in [1.82, 2.24) is 9.38 Å². The second-order valence-corrected chi connectivity index (χ2v) is 3.42. The fraction of sp³-hybridized carbons (Fsp3) is 0.364. The number of aliphatic hydroxyl groups is 1. The van der Waals surface area contributed by atoms with Gasteiger partial charge in [-0.15, -0.1) is 0 Å². The summed E-state index contributed by atoms with van der Waals surface area (Å²) in [6.07, 6.45) is 2.91. The van der Waals surface area contributed by atoms with Gasteiger partial charge in [-0.1, -0.05) is 6.92 Å². The molecule has 0 saturated carbocycles. The summed E-state index contributed by atoms with van der Waals surface area (Å²) in [5.74, 6) is 0. The molecule has 0 radical (unpaired) electrons. The third-order valence-corrected chi connectivity index (χ3v) is 2.54. The minimum absolute atomic E-state index is 0.0733. The Morgan fingerprint density at radius 3 is 2.93 bits per heavy atom. The van der Waals surface area contributed by atoms with Gasteiger partial charge in [0.15, 0.2) is 0 Å². The van der Waals surface area contributed by atoms with Crippen LogP contribution in [0, 0.1) is 6.92 Å². The van der Waals surface area contributed by atoms with Gasteiger partial charge < -0.3 is 9.51 Å². The van der Waals surface area contributed by atoms with Crippen LogP contribution in [-0.4, -0.2) is 14.5 Å². The first-order chi connectivity index (χ1) is 6.76. The molecule has 2 heterocycles. The standard InChI is InChI=1S/C11H14N2O/c1-3-10-8(2)13-5-4-9(7-14)6-11(13)12-10/h4-6,14H,3,7H2,1-2H3. The van der Waals surface area contributed by atoms with Crippen LogP contribution < -0.4 is 0 Å². The molecule has 0 atom stereocenters. The van der Waals surface area contributed by atoms with Crippen molar-refractivity contribution < 1.29 is 5.11 Å². The van der Waals surface area contributed by atoms with E-state index in [0.29, 0.717) is 0 Å². The topological polar surface area (TPSA) is 37.5 Å². The number of aliphatic hydroxyl groups excluding tert-OH is 1. The molecule has 1 N–H and O–H groups in total. The average Bonchev–Trinajstić information content (AvgIpc) is 2.55. The molecule has 3 nitrogen and oxygen atoms in total. The molecule has 0 fully saturated rings. The van der Waals surface area contributed by atoms with Crippen LogP contribution in [0.1, 0.15) is 23.9 Å². The Balaban J connectivity index is 2.66. The van der Waals surface area contributed by atoms with Gasteiger partial charge in [0.1, 0.15) is 5.65 Å². The quantitative estimate of drug-likeness (QED) is 0.782. The van der Waals surface area contributed by atoms with E-state index in [1.165, 1.54) is 5.69 Å². The minimum atomic E-state index is 0.0733. The van der Waals surface area contributed by atoms with E-state index >= 15 is 0 Å². The van der Waals surface area contributed by atoms with Crippen molar-refractivity contribution in [3.63, 3.8) is 0 Å². The zero-order valence-corrected chi connectivity index (χ0v) is 8.49. The first-order valence-electron chi connectivity index (χ1n) is 4.83. The van der Waals surface area contributed by atoms with Gasteiger partial charge in [0.05, 0.1) is 12.3 Å². The lowest BCUT2D eigenvalue weighted by atomic mass is 10.3. The smallest absolute Gasteiger partial charge is 0.137 e. The number of imidazole rings is 1. The van der Waals surface area contributed by atoms with Crippen LogP contribution in [0.4, 0.5) is 0 Å². The van der Waals surface area contributed by atoms with Crippen LogP contribution in [-0.2, 0) is 13.0 Å². The van der Waals surface area contributed by atoms with Crippen LogP contribution in [0.5, 0.6) is 0 Å². The second-order valence-electron chi connectivity index (χ2n) is 3.42. The summed E-state index contributed by atoms with van der Waals surface area (Å²) in [5, 5.41) is 8.99. The lowest BCUT2D eigenvalue weighted by Gasteiger charge is -1.98. The molecule has 14 heavy (non-hydrogen) atoms. The first kappa shape index (κ1) is 9.21. The Labute approximate surface area is 83.0 Å². The number of hydrogen-bond donors (Lipinski definition) is 1. The lowest BCUT2D eigenvalue weighted by Crippen LogP contribution is -1.90. The molecule has 2 aromatic rings. The van der Waals surface area contributed by atoms with E-state index < -0.39 is 0 Å². The molecular formula is C11H14N2O. The third-order valence-electron chi connectivity index (χ3n) is 2.54. The number of aromatic nitrogens is 2. The van der Waals surface area contributed by atoms with Crippen molar-refractivity contribution in [2.45, 2.75) is 26.9 Å². The van der Waals surface area contributed by atoms with Gasteiger partial charge in [0.25, 0.3) is 0 Å². The van der Waals surface area contributed by atoms with Gasteiger partial charge in [-0.25, -0.2) is 4.98 Å². The summed E-state index contributed by atoms with van der Waals surface area (Å²) in [7, 11) is 0. The molecule has 0 aliphatic heterocycles. The molecule has 2 rings (SSSR count). The molecule has 0 amide bonds. The number of pyridine rings is 1. The molecule has 3 heteroatoms. The third kappa shape index (κ3) is 1.30. The van der Waals surface area contributed by atoms with E-state index in [9.17, 15) is 0 Å². The predicted molar refractivity (Wildman–Crippen MR) is 55.2 cm³/mol. The van der Waals surface area contributed by atoms with Crippen LogP contribution in [0.2, 0.25) is 0 Å². The number of fused-ring (bicyclic) bond motifs is 1. The van der Waals surface area contributed by atoms with Crippen molar-refractivity contribution >= 4 is 5.65 Å². The van der Waals surface area contributed by atoms with E-state index in [0.717, 1.165) is 23.3 Å². The highest BCUT2D eigenvalue weighted by Gasteiger charge is 2.05. The van der Waals surface area contributed by atoms with E-state index in [4.69, 9.17) is 5.11 Å². The van der Waals surface area contributed by atoms with E-state index in [2.05, 4.69) is 23.2 Å². The van der Waals surface area contributed by atoms with Gasteiger partial charge in [-0.2, -0.15) is 0 Å². The Morgan fingerprint density at radius 2 is 2.29 bits per heavy atom. The van der Waals surface area contributed by atoms with E-state index in [-0.39, 0.29) is 6.61 Å². The normalized spacial score (nSPS) is 11.1. The second kappa shape index (κ2) is 3.42. The summed E-state index contributed by atoms with van der Waals surface area (Å²) < 4.78 is 2.05. The van der Waals surface area contributed by atoms with Gasteiger partial charge in [-0.05, 0) is 31.0 Å². The average molecular weight is 190 g/mol. The highest BCUT2D eigenvalue weighted by atomic mass is 16.3. The summed E-state index contributed by atoms with van der Waals surface area (Å²) in [6.45, 7) is 4.24. The summed E-state index contributed by atoms with van der Waals surface area (Å²) in [5.41, 5.74) is 4.14. The zero-order chi connectivity index (χ0) is 10.1. The number of aryl methyl sites for hydroxylation is 2. The first-order valence-corrected chi connectivity index (χ1v) is 4.83. The van der Waals surface area contributed by atoms with Gasteiger partial charge in [-0.3, -0.25) is 0 Å². The Kier molecular flexibility index (Phi) is 2.25. The molecule has 0 aromatic carbocycles. The molecule has 0 saturated heterocycles. The molecule has 74 valence electrons. The number of nitrogens with zero attached hydrogens (tertiary/aromatic N) is 2. The molecule has 0 aliphatic rings. The molecule has 2 aromatic heterocycles. The fourth-order valence-corrected chi connectivity index (χ4v) is 1.69. The highest BCUT2D eigenvalue weighted by molar-refractivity contribution is 5.45. The largest absolute Gasteiger partial charge is 0.392 e. The molecule has 0 aliphatic carbocycles. The maximum Gasteiger partial charge on any atom is 0.137 e. The van der Waals surface area contributed by atoms with Crippen LogP contribution >= 0.6 is 0 Å². The summed E-state index contributed by atoms with van der Waals surface area (Å²) in [6, 6.07) is 3.84. The monoisotopic (exact) mass is 190 g/mol. The molecular weight excluding hydrogens is 176 g/mol. The van der Waals surface area contributed by atoms with Crippen molar-refractivity contribution in [2.75, 3.05) is 0 Å². The molecule has 0 spiro atoms. The van der Waals surface area contributed by atoms with Crippen LogP contribution in [0.25, 0.3) is 5.65 Å². The van der Waals surface area contributed by atoms with Gasteiger partial charge in [0, 0.05) is 11.9 Å². The predicted octanol–water partition coefficient (Wildman–Crippen LogP) is 1.70.